The molecule has 2 fully saturated rings. The molecule has 32 heavy (non-hydrogen) atoms. The molecule has 4 heterocycles. The van der Waals surface area contributed by atoms with Crippen molar-refractivity contribution in [2.45, 2.75) is 12.7 Å². The number of carbonyl (C=O) groups excluding carboxylic acids is 1. The second-order valence-electron chi connectivity index (χ2n) is 8.47. The van der Waals surface area contributed by atoms with E-state index in [1.165, 1.54) is 6.07 Å². The second kappa shape index (κ2) is 7.96. The van der Waals surface area contributed by atoms with E-state index in [2.05, 4.69) is 9.97 Å². The molecule has 0 radical (unpaired) electrons. The van der Waals surface area contributed by atoms with Crippen LogP contribution in [0.2, 0.25) is 0 Å². The summed E-state index contributed by atoms with van der Waals surface area (Å²) in [4.78, 5) is 24.9. The zero-order chi connectivity index (χ0) is 22.3. The Bertz CT molecular complexity index is 1070. The molecule has 2 unspecified atom stereocenters. The predicted molar refractivity (Wildman–Crippen MR) is 112 cm³/mol. The van der Waals surface area contributed by atoms with E-state index in [4.69, 9.17) is 0 Å². The first-order chi connectivity index (χ1) is 15.4. The molecule has 2 aromatic heterocycles. The van der Waals surface area contributed by atoms with Crippen molar-refractivity contribution in [1.82, 2.24) is 19.4 Å². The molecule has 0 N–H and O–H groups in total. The van der Waals surface area contributed by atoms with Crippen molar-refractivity contribution in [2.24, 2.45) is 11.8 Å². The molecule has 5 rings (SSSR count). The topological polar surface area (TPSA) is 54.3 Å². The quantitative estimate of drug-likeness (QED) is 0.622. The number of carbonyl (C=O) groups is 1. The van der Waals surface area contributed by atoms with Gasteiger partial charge in [-0.1, -0.05) is 12.1 Å². The number of hydrogen-bond donors (Lipinski definition) is 0. The summed E-state index contributed by atoms with van der Waals surface area (Å²) in [6, 6.07) is 10.1. The third-order valence-corrected chi connectivity index (χ3v) is 6.30. The number of likely N-dealkylation sites (tertiary alicyclic amines) is 1. The van der Waals surface area contributed by atoms with Crippen molar-refractivity contribution in [3.8, 4) is 0 Å². The second-order valence-corrected chi connectivity index (χ2v) is 8.47. The first-order valence-corrected chi connectivity index (χ1v) is 10.5. The van der Waals surface area contributed by atoms with Crippen LogP contribution in [0.1, 0.15) is 21.5 Å². The number of hydrogen-bond acceptors (Lipinski definition) is 4. The lowest BCUT2D eigenvalue weighted by Crippen LogP contribution is -2.33. The lowest BCUT2D eigenvalue weighted by Gasteiger charge is -2.23. The highest BCUT2D eigenvalue weighted by atomic mass is 19.4. The third kappa shape index (κ3) is 4.06. The summed E-state index contributed by atoms with van der Waals surface area (Å²) in [5.74, 6) is 1.17. The van der Waals surface area contributed by atoms with E-state index in [-0.39, 0.29) is 5.91 Å². The van der Waals surface area contributed by atoms with Crippen LogP contribution in [-0.4, -0.2) is 51.5 Å². The first-order valence-electron chi connectivity index (χ1n) is 10.5. The highest BCUT2D eigenvalue weighted by Gasteiger charge is 2.42. The van der Waals surface area contributed by atoms with Gasteiger partial charge < -0.3 is 14.4 Å². The number of anilines is 1. The number of pyridine rings is 1. The Morgan fingerprint density at radius 3 is 2.28 bits per heavy atom. The molecule has 166 valence electrons. The number of aromatic nitrogens is 3. The summed E-state index contributed by atoms with van der Waals surface area (Å²) in [6.45, 7) is 3.39. The van der Waals surface area contributed by atoms with Crippen molar-refractivity contribution in [2.75, 3.05) is 31.1 Å². The maximum Gasteiger partial charge on any atom is 0.417 e. The Balaban J connectivity index is 1.18. The van der Waals surface area contributed by atoms with E-state index in [0.717, 1.165) is 17.8 Å². The molecule has 0 saturated carbocycles. The van der Waals surface area contributed by atoms with Crippen LogP contribution in [0.4, 0.5) is 19.0 Å². The molecule has 0 aliphatic carbocycles. The van der Waals surface area contributed by atoms with E-state index in [0.29, 0.717) is 55.9 Å². The van der Waals surface area contributed by atoms with Crippen LogP contribution in [0.3, 0.4) is 0 Å². The SMILES string of the molecule is O=C(c1ccc(Cn2ccnc2)cc1)N1CC2CN(c3ccc(C(F)(F)F)cn3)CC2C1. The Labute approximate surface area is 183 Å². The van der Waals surface area contributed by atoms with Crippen molar-refractivity contribution >= 4 is 11.7 Å². The smallest absolute Gasteiger partial charge is 0.356 e. The zero-order valence-corrected chi connectivity index (χ0v) is 17.2. The third-order valence-electron chi connectivity index (χ3n) is 6.30. The van der Waals surface area contributed by atoms with Crippen molar-refractivity contribution in [3.63, 3.8) is 0 Å². The van der Waals surface area contributed by atoms with Gasteiger partial charge in [0.25, 0.3) is 5.91 Å². The number of benzene rings is 1. The summed E-state index contributed by atoms with van der Waals surface area (Å²) in [7, 11) is 0. The minimum absolute atomic E-state index is 0.0211. The number of imidazole rings is 1. The van der Waals surface area contributed by atoms with Crippen LogP contribution in [-0.2, 0) is 12.7 Å². The van der Waals surface area contributed by atoms with Gasteiger partial charge in [-0.05, 0) is 29.8 Å². The Morgan fingerprint density at radius 2 is 1.72 bits per heavy atom. The van der Waals surface area contributed by atoms with E-state index in [1.807, 2.05) is 44.8 Å². The van der Waals surface area contributed by atoms with Gasteiger partial charge in [-0.3, -0.25) is 4.79 Å². The molecular formula is C23H22F3N5O. The number of nitrogens with zero attached hydrogens (tertiary/aromatic N) is 5. The summed E-state index contributed by atoms with van der Waals surface area (Å²) >= 11 is 0. The lowest BCUT2D eigenvalue weighted by atomic mass is 10.0. The molecule has 1 amide bonds. The molecule has 2 atom stereocenters. The fraction of sp³-hybridized carbons (Fsp3) is 0.348. The molecular weight excluding hydrogens is 419 g/mol. The molecule has 0 spiro atoms. The van der Waals surface area contributed by atoms with Gasteiger partial charge in [0.1, 0.15) is 5.82 Å². The summed E-state index contributed by atoms with van der Waals surface area (Å²) < 4.78 is 40.2. The average Bonchev–Trinajstić information content (AvgIpc) is 3.50. The summed E-state index contributed by atoms with van der Waals surface area (Å²) in [5.41, 5.74) is 1.02. The summed E-state index contributed by atoms with van der Waals surface area (Å²) in [5, 5.41) is 0. The highest BCUT2D eigenvalue weighted by Crippen LogP contribution is 2.35. The molecule has 2 saturated heterocycles. The maximum atomic E-state index is 13.0. The van der Waals surface area contributed by atoms with E-state index in [1.54, 1.807) is 12.5 Å². The largest absolute Gasteiger partial charge is 0.417 e. The van der Waals surface area contributed by atoms with E-state index in [9.17, 15) is 18.0 Å². The highest BCUT2D eigenvalue weighted by molar-refractivity contribution is 5.94. The van der Waals surface area contributed by atoms with Crippen LogP contribution in [0.5, 0.6) is 0 Å². The van der Waals surface area contributed by atoms with Gasteiger partial charge >= 0.3 is 6.18 Å². The normalized spacial score (nSPS) is 20.6. The Kier molecular flexibility index (Phi) is 5.11. The van der Waals surface area contributed by atoms with Crippen molar-refractivity contribution in [1.29, 1.82) is 0 Å². The minimum Gasteiger partial charge on any atom is -0.356 e. The molecule has 2 aliphatic heterocycles. The van der Waals surface area contributed by atoms with Crippen LogP contribution in [0.15, 0.2) is 61.3 Å². The molecule has 6 nitrogen and oxygen atoms in total. The standard InChI is InChI=1S/C23H22F3N5O/c24-23(25,26)20-5-6-21(28-9-20)30-11-18-13-31(14-19(18)12-30)22(32)17-3-1-16(2-4-17)10-29-8-7-27-15-29/h1-9,15,18-19H,10-14H2. The summed E-state index contributed by atoms with van der Waals surface area (Å²) in [6.07, 6.45) is 1.88. The van der Waals surface area contributed by atoms with Gasteiger partial charge in [-0.15, -0.1) is 0 Å². The monoisotopic (exact) mass is 441 g/mol. The number of fused-ring (bicyclic) bond motifs is 1. The predicted octanol–water partition coefficient (Wildman–Crippen LogP) is 3.55. The molecule has 2 aliphatic rings. The van der Waals surface area contributed by atoms with Gasteiger partial charge in [0.15, 0.2) is 0 Å². The fourth-order valence-electron chi connectivity index (χ4n) is 4.61. The number of rotatable bonds is 4. The fourth-order valence-corrected chi connectivity index (χ4v) is 4.61. The van der Waals surface area contributed by atoms with Crippen molar-refractivity contribution in [3.05, 3.63) is 78.0 Å². The number of amides is 1. The van der Waals surface area contributed by atoms with Gasteiger partial charge in [0.05, 0.1) is 11.9 Å². The van der Waals surface area contributed by atoms with Crippen LogP contribution < -0.4 is 4.90 Å². The first kappa shape index (κ1) is 20.5. The lowest BCUT2D eigenvalue weighted by molar-refractivity contribution is -0.137. The van der Waals surface area contributed by atoms with Crippen LogP contribution in [0, 0.1) is 11.8 Å². The average molecular weight is 441 g/mol. The number of alkyl halides is 3. The Hall–Kier alpha value is -3.36. The maximum absolute atomic E-state index is 13.0. The van der Waals surface area contributed by atoms with Gasteiger partial charge in [-0.25, -0.2) is 9.97 Å². The number of halogens is 3. The zero-order valence-electron chi connectivity index (χ0n) is 17.2. The van der Waals surface area contributed by atoms with Gasteiger partial charge in [-0.2, -0.15) is 13.2 Å². The van der Waals surface area contributed by atoms with Crippen LogP contribution >= 0.6 is 0 Å². The van der Waals surface area contributed by atoms with E-state index >= 15 is 0 Å². The van der Waals surface area contributed by atoms with Crippen LogP contribution in [0.25, 0.3) is 0 Å². The Morgan fingerprint density at radius 1 is 1.00 bits per heavy atom. The van der Waals surface area contributed by atoms with E-state index < -0.39 is 11.7 Å². The molecule has 3 aromatic rings. The molecule has 1 aromatic carbocycles. The van der Waals surface area contributed by atoms with Crippen molar-refractivity contribution < 1.29 is 18.0 Å². The minimum atomic E-state index is -4.38. The van der Waals surface area contributed by atoms with Gasteiger partial charge in [0.2, 0.25) is 0 Å². The molecule has 9 heteroatoms. The van der Waals surface area contributed by atoms with Gasteiger partial charge in [0, 0.05) is 68.7 Å². The molecule has 0 bridgehead atoms.